The van der Waals surface area contributed by atoms with Crippen LogP contribution in [0.3, 0.4) is 0 Å². The van der Waals surface area contributed by atoms with Gasteiger partial charge < -0.3 is 14.5 Å². The third kappa shape index (κ3) is 2.53. The number of fused-ring (bicyclic) bond motifs is 2. The summed E-state index contributed by atoms with van der Waals surface area (Å²) in [6.45, 7) is 4.37. The highest BCUT2D eigenvalue weighted by molar-refractivity contribution is 8.00. The molecule has 0 unspecified atom stereocenters. The first-order chi connectivity index (χ1) is 10.3. The van der Waals surface area contributed by atoms with Crippen LogP contribution in [0.4, 0.5) is 5.69 Å². The second kappa shape index (κ2) is 5.54. The van der Waals surface area contributed by atoms with Gasteiger partial charge in [-0.2, -0.15) is 11.8 Å². The Bertz CT molecular complexity index is 528. The molecule has 21 heavy (non-hydrogen) atoms. The zero-order chi connectivity index (χ0) is 14.2. The number of rotatable bonds is 2. The summed E-state index contributed by atoms with van der Waals surface area (Å²) in [5.41, 5.74) is 2.01. The normalized spacial score (nSPS) is 28.2. The number of amides is 1. The van der Waals surface area contributed by atoms with E-state index < -0.39 is 0 Å². The quantitative estimate of drug-likeness (QED) is 0.835. The van der Waals surface area contributed by atoms with Gasteiger partial charge in [0.2, 0.25) is 0 Å². The SMILES string of the molecule is O=C(c1ccc(N2CCOCC2)cc1)N1C[C@H]2C[C@H]1CS2. The van der Waals surface area contributed by atoms with Gasteiger partial charge in [-0.05, 0) is 30.7 Å². The van der Waals surface area contributed by atoms with E-state index in [0.717, 1.165) is 44.2 Å². The maximum absolute atomic E-state index is 12.6. The molecule has 4 rings (SSSR count). The van der Waals surface area contributed by atoms with Crippen LogP contribution in [0, 0.1) is 0 Å². The zero-order valence-electron chi connectivity index (χ0n) is 12.0. The van der Waals surface area contributed by atoms with Crippen molar-refractivity contribution in [2.24, 2.45) is 0 Å². The molecule has 0 saturated carbocycles. The van der Waals surface area contributed by atoms with Crippen molar-refractivity contribution < 1.29 is 9.53 Å². The number of carbonyl (C=O) groups is 1. The Hall–Kier alpha value is -1.20. The molecule has 2 bridgehead atoms. The molecule has 1 aromatic rings. The van der Waals surface area contributed by atoms with Gasteiger partial charge in [-0.25, -0.2) is 0 Å². The highest BCUT2D eigenvalue weighted by Crippen LogP contribution is 2.38. The van der Waals surface area contributed by atoms with Crippen LogP contribution >= 0.6 is 11.8 Å². The lowest BCUT2D eigenvalue weighted by Crippen LogP contribution is -2.39. The Balaban J connectivity index is 1.47. The fourth-order valence-corrected chi connectivity index (χ4v) is 4.89. The largest absolute Gasteiger partial charge is 0.378 e. The molecule has 3 fully saturated rings. The minimum absolute atomic E-state index is 0.205. The lowest BCUT2D eigenvalue weighted by molar-refractivity contribution is 0.0747. The molecule has 1 aromatic carbocycles. The Morgan fingerprint density at radius 1 is 1.19 bits per heavy atom. The van der Waals surface area contributed by atoms with E-state index in [-0.39, 0.29) is 5.91 Å². The number of ether oxygens (including phenoxy) is 1. The maximum Gasteiger partial charge on any atom is 0.254 e. The van der Waals surface area contributed by atoms with E-state index in [2.05, 4.69) is 21.9 Å². The summed E-state index contributed by atoms with van der Waals surface area (Å²) in [5.74, 6) is 1.32. The summed E-state index contributed by atoms with van der Waals surface area (Å²) in [6.07, 6.45) is 1.18. The Morgan fingerprint density at radius 3 is 2.57 bits per heavy atom. The minimum Gasteiger partial charge on any atom is -0.378 e. The second-order valence-corrected chi connectivity index (χ2v) is 7.28. The van der Waals surface area contributed by atoms with Crippen LogP contribution in [0.15, 0.2) is 24.3 Å². The highest BCUT2D eigenvalue weighted by atomic mass is 32.2. The molecule has 3 saturated heterocycles. The van der Waals surface area contributed by atoms with E-state index >= 15 is 0 Å². The number of carbonyl (C=O) groups excluding carboxylic acids is 1. The molecule has 1 amide bonds. The number of benzene rings is 1. The number of anilines is 1. The van der Waals surface area contributed by atoms with Crippen LogP contribution in [-0.4, -0.2) is 60.7 Å². The molecule has 112 valence electrons. The van der Waals surface area contributed by atoms with Gasteiger partial charge in [0.05, 0.1) is 13.2 Å². The monoisotopic (exact) mass is 304 g/mol. The van der Waals surface area contributed by atoms with Gasteiger partial charge in [0.1, 0.15) is 0 Å². The standard InChI is InChI=1S/C16H20N2O2S/c19-16(18-10-15-9-14(18)11-21-15)12-1-3-13(4-2-12)17-5-7-20-8-6-17/h1-4,14-15H,5-11H2/t14-,15+/m0/s1. The van der Waals surface area contributed by atoms with Crippen molar-refractivity contribution in [1.82, 2.24) is 4.90 Å². The van der Waals surface area contributed by atoms with Crippen molar-refractivity contribution in [2.45, 2.75) is 17.7 Å². The number of likely N-dealkylation sites (tertiary alicyclic amines) is 1. The molecular formula is C16H20N2O2S. The third-order valence-corrected chi connectivity index (χ3v) is 6.04. The van der Waals surface area contributed by atoms with Gasteiger partial charge in [-0.3, -0.25) is 4.79 Å². The molecule has 0 aliphatic carbocycles. The van der Waals surface area contributed by atoms with Gasteiger partial charge in [0.25, 0.3) is 5.91 Å². The summed E-state index contributed by atoms with van der Waals surface area (Å²) in [5, 5.41) is 0.673. The van der Waals surface area contributed by atoms with Gasteiger partial charge in [-0.15, -0.1) is 0 Å². The molecule has 0 radical (unpaired) electrons. The molecule has 3 aliphatic heterocycles. The van der Waals surface area contributed by atoms with E-state index in [1.165, 1.54) is 12.1 Å². The van der Waals surface area contributed by atoms with Crippen molar-refractivity contribution in [1.29, 1.82) is 0 Å². The van der Waals surface area contributed by atoms with E-state index in [0.29, 0.717) is 11.3 Å². The fraction of sp³-hybridized carbons (Fsp3) is 0.562. The first kappa shape index (κ1) is 13.5. The van der Waals surface area contributed by atoms with E-state index in [1.807, 2.05) is 23.9 Å². The molecule has 5 heteroatoms. The molecular weight excluding hydrogens is 284 g/mol. The van der Waals surface area contributed by atoms with Crippen LogP contribution in [0.2, 0.25) is 0 Å². The van der Waals surface area contributed by atoms with Crippen LogP contribution in [0.5, 0.6) is 0 Å². The van der Waals surface area contributed by atoms with Gasteiger partial charge >= 0.3 is 0 Å². The fourth-order valence-electron chi connectivity index (χ4n) is 3.45. The molecule has 3 heterocycles. The molecule has 4 nitrogen and oxygen atoms in total. The van der Waals surface area contributed by atoms with Crippen LogP contribution < -0.4 is 4.90 Å². The summed E-state index contributed by atoms with van der Waals surface area (Å²) in [6, 6.07) is 8.56. The Morgan fingerprint density at radius 2 is 1.95 bits per heavy atom. The van der Waals surface area contributed by atoms with E-state index in [4.69, 9.17) is 4.74 Å². The van der Waals surface area contributed by atoms with Crippen LogP contribution in [0.1, 0.15) is 16.8 Å². The van der Waals surface area contributed by atoms with Crippen molar-refractivity contribution in [3.63, 3.8) is 0 Å². The Kier molecular flexibility index (Phi) is 3.55. The molecule has 0 aromatic heterocycles. The zero-order valence-corrected chi connectivity index (χ0v) is 12.8. The predicted octanol–water partition coefficient (Wildman–Crippen LogP) is 1.85. The first-order valence-electron chi connectivity index (χ1n) is 7.66. The lowest BCUT2D eigenvalue weighted by atomic mass is 10.1. The number of morpholine rings is 1. The Labute approximate surface area is 129 Å². The number of nitrogens with zero attached hydrogens (tertiary/aromatic N) is 2. The average molecular weight is 304 g/mol. The van der Waals surface area contributed by atoms with Gasteiger partial charge in [-0.1, -0.05) is 0 Å². The maximum atomic E-state index is 12.6. The van der Waals surface area contributed by atoms with Crippen molar-refractivity contribution >= 4 is 23.4 Å². The lowest BCUT2D eigenvalue weighted by Gasteiger charge is -2.29. The summed E-state index contributed by atoms with van der Waals surface area (Å²) in [7, 11) is 0. The van der Waals surface area contributed by atoms with E-state index in [9.17, 15) is 4.79 Å². The van der Waals surface area contributed by atoms with Gasteiger partial charge in [0, 0.05) is 47.9 Å². The molecule has 0 N–H and O–H groups in total. The number of hydrogen-bond acceptors (Lipinski definition) is 4. The highest BCUT2D eigenvalue weighted by Gasteiger charge is 2.41. The average Bonchev–Trinajstić information content (AvgIpc) is 3.18. The summed E-state index contributed by atoms with van der Waals surface area (Å²) >= 11 is 2.02. The first-order valence-corrected chi connectivity index (χ1v) is 8.71. The van der Waals surface area contributed by atoms with Crippen molar-refractivity contribution in [3.8, 4) is 0 Å². The van der Waals surface area contributed by atoms with Gasteiger partial charge in [0.15, 0.2) is 0 Å². The summed E-state index contributed by atoms with van der Waals surface area (Å²) in [4.78, 5) is 17.0. The van der Waals surface area contributed by atoms with Crippen molar-refractivity contribution in [2.75, 3.05) is 43.5 Å². The molecule has 0 spiro atoms. The third-order valence-electron chi connectivity index (χ3n) is 4.65. The second-order valence-electron chi connectivity index (χ2n) is 5.95. The number of thioether (sulfide) groups is 1. The van der Waals surface area contributed by atoms with E-state index in [1.54, 1.807) is 0 Å². The van der Waals surface area contributed by atoms with Crippen LogP contribution in [-0.2, 0) is 4.74 Å². The predicted molar refractivity (Wildman–Crippen MR) is 85.2 cm³/mol. The smallest absolute Gasteiger partial charge is 0.254 e. The summed E-state index contributed by atoms with van der Waals surface area (Å²) < 4.78 is 5.37. The van der Waals surface area contributed by atoms with Crippen LogP contribution in [0.25, 0.3) is 0 Å². The number of hydrogen-bond donors (Lipinski definition) is 0. The molecule has 2 atom stereocenters. The van der Waals surface area contributed by atoms with Crippen molar-refractivity contribution in [3.05, 3.63) is 29.8 Å². The topological polar surface area (TPSA) is 32.8 Å². The molecule has 3 aliphatic rings. The minimum atomic E-state index is 0.205.